The second kappa shape index (κ2) is 14.2. The third kappa shape index (κ3) is 8.02. The van der Waals surface area contributed by atoms with Crippen LogP contribution in [0.15, 0.2) is 41.3 Å². The molecule has 0 atom stereocenters. The van der Waals surface area contributed by atoms with Gasteiger partial charge in [0, 0.05) is 93.5 Å². The number of hydrogen-bond donors (Lipinski definition) is 3. The van der Waals surface area contributed by atoms with Crippen molar-refractivity contribution in [2.24, 2.45) is 0 Å². The number of ether oxygens (including phenoxy) is 1. The number of likely N-dealkylation sites (tertiary alicyclic amines) is 1. The monoisotopic (exact) mass is 714 g/mol. The number of aromatic nitrogens is 2. The summed E-state index contributed by atoms with van der Waals surface area (Å²) in [6.45, 7) is 9.97. The van der Waals surface area contributed by atoms with Crippen molar-refractivity contribution >= 4 is 39.2 Å². The van der Waals surface area contributed by atoms with Crippen LogP contribution >= 0.6 is 0 Å². The van der Waals surface area contributed by atoms with Crippen LogP contribution in [0.3, 0.4) is 0 Å². The Hall–Kier alpha value is -4.28. The lowest BCUT2D eigenvalue weighted by atomic mass is 10.0. The third-order valence-corrected chi connectivity index (χ3v) is 11.0. The molecule has 4 heterocycles. The molecule has 3 aliphatic rings. The highest BCUT2D eigenvalue weighted by atomic mass is 32.2. The number of benzene rings is 2. The Morgan fingerprint density at radius 2 is 1.64 bits per heavy atom. The summed E-state index contributed by atoms with van der Waals surface area (Å²) >= 11 is 0. The van der Waals surface area contributed by atoms with Crippen molar-refractivity contribution in [1.82, 2.24) is 24.3 Å². The predicted octanol–water partition coefficient (Wildman–Crippen LogP) is 4.25. The average molecular weight is 715 g/mol. The van der Waals surface area contributed by atoms with Crippen LogP contribution in [-0.4, -0.2) is 109 Å². The van der Waals surface area contributed by atoms with Crippen LogP contribution in [0, 0.1) is 11.6 Å². The summed E-state index contributed by atoms with van der Waals surface area (Å²) in [5.74, 6) is -2.25. The molecule has 2 fully saturated rings. The van der Waals surface area contributed by atoms with Gasteiger partial charge in [0.05, 0.1) is 10.5 Å². The fourth-order valence-electron chi connectivity index (χ4n) is 6.44. The first-order valence-electron chi connectivity index (χ1n) is 16.8. The number of likely N-dealkylation sites (N-methyl/N-ethyl adjacent to an activating group) is 1. The summed E-state index contributed by atoms with van der Waals surface area (Å²) in [5, 5.41) is 13.6. The molecule has 0 radical (unpaired) electrons. The lowest BCUT2D eigenvalue weighted by Crippen LogP contribution is -2.45. The molecule has 6 rings (SSSR count). The van der Waals surface area contributed by atoms with Crippen LogP contribution in [-0.2, 0) is 27.7 Å². The van der Waals surface area contributed by atoms with E-state index >= 15 is 0 Å². The van der Waals surface area contributed by atoms with Crippen molar-refractivity contribution in [2.75, 3.05) is 68.4 Å². The maximum absolute atomic E-state index is 13.9. The first kappa shape index (κ1) is 35.5. The van der Waals surface area contributed by atoms with Gasteiger partial charge in [0.25, 0.3) is 5.91 Å². The summed E-state index contributed by atoms with van der Waals surface area (Å²) in [5.41, 5.74) is 2.55. The van der Waals surface area contributed by atoms with Gasteiger partial charge in [0.15, 0.2) is 5.82 Å². The van der Waals surface area contributed by atoms with Gasteiger partial charge in [-0.05, 0) is 71.0 Å². The number of hydrogen-bond acceptors (Lipinski definition) is 9. The Morgan fingerprint density at radius 1 is 0.960 bits per heavy atom. The molecule has 2 saturated heterocycles. The molecule has 3 aromatic rings. The van der Waals surface area contributed by atoms with E-state index in [1.807, 2.05) is 32.9 Å². The Morgan fingerprint density at radius 3 is 2.30 bits per heavy atom. The summed E-state index contributed by atoms with van der Waals surface area (Å²) < 4.78 is 61.1. The minimum atomic E-state index is -4.24. The Labute approximate surface area is 291 Å². The molecular formula is C34H44F2N8O5S. The van der Waals surface area contributed by atoms with E-state index in [0.717, 1.165) is 48.3 Å². The van der Waals surface area contributed by atoms with Crippen LogP contribution in [0.2, 0.25) is 0 Å². The van der Waals surface area contributed by atoms with Gasteiger partial charge in [-0.15, -0.1) is 0 Å². The van der Waals surface area contributed by atoms with Crippen LogP contribution < -0.4 is 15.5 Å². The molecule has 2 amide bonds. The van der Waals surface area contributed by atoms with E-state index in [1.165, 1.54) is 0 Å². The van der Waals surface area contributed by atoms with Gasteiger partial charge in [-0.2, -0.15) is 9.40 Å². The number of piperidine rings is 1. The lowest BCUT2D eigenvalue weighted by molar-refractivity contribution is 0.0210. The summed E-state index contributed by atoms with van der Waals surface area (Å²) in [7, 11) is -2.15. The largest absolute Gasteiger partial charge is 0.444 e. The van der Waals surface area contributed by atoms with Crippen LogP contribution in [0.5, 0.6) is 0 Å². The maximum atomic E-state index is 13.9. The number of carbonyl (C=O) groups excluding carboxylic acids is 2. The number of sulfonamides is 1. The van der Waals surface area contributed by atoms with Gasteiger partial charge < -0.3 is 30.1 Å². The summed E-state index contributed by atoms with van der Waals surface area (Å²) in [6.07, 6.45) is 1.24. The fraction of sp³-hybridized carbons (Fsp3) is 0.500. The predicted molar refractivity (Wildman–Crippen MR) is 185 cm³/mol. The second-order valence-electron chi connectivity index (χ2n) is 14.1. The van der Waals surface area contributed by atoms with Gasteiger partial charge in [0.2, 0.25) is 10.0 Å². The quantitative estimate of drug-likeness (QED) is 0.328. The fourth-order valence-corrected chi connectivity index (χ4v) is 7.90. The minimum Gasteiger partial charge on any atom is -0.444 e. The summed E-state index contributed by atoms with van der Waals surface area (Å²) in [4.78, 5) is 32.3. The topological polar surface area (TPSA) is 143 Å². The molecule has 0 aliphatic carbocycles. The first-order valence-corrected chi connectivity index (χ1v) is 18.3. The van der Waals surface area contributed by atoms with E-state index in [4.69, 9.17) is 4.74 Å². The zero-order chi connectivity index (χ0) is 35.8. The number of carbonyl (C=O) groups is 2. The van der Waals surface area contributed by atoms with E-state index in [1.54, 1.807) is 11.0 Å². The number of halogens is 2. The Balaban J connectivity index is 1.20. The van der Waals surface area contributed by atoms with Crippen molar-refractivity contribution in [1.29, 1.82) is 0 Å². The highest BCUT2D eigenvalue weighted by molar-refractivity contribution is 7.89. The Bertz CT molecular complexity index is 1830. The number of fused-ring (bicyclic) bond motifs is 1. The number of nitrogens with zero attached hydrogens (tertiary/aromatic N) is 5. The zero-order valence-electron chi connectivity index (χ0n) is 28.8. The van der Waals surface area contributed by atoms with Crippen molar-refractivity contribution in [3.05, 3.63) is 64.9 Å². The molecule has 0 unspecified atom stereocenters. The van der Waals surface area contributed by atoms with Crippen molar-refractivity contribution in [2.45, 2.75) is 63.1 Å². The number of H-pyrrole nitrogens is 1. The number of nitrogens with one attached hydrogen (secondary N) is 3. The van der Waals surface area contributed by atoms with E-state index in [9.17, 15) is 26.8 Å². The van der Waals surface area contributed by atoms with E-state index in [-0.39, 0.29) is 37.5 Å². The SMILES string of the molecule is CN1CCN(c2ccc(C(=O)Nc3n[nH]c4c3CN(S(=O)(=O)c3cc(F)cc(F)c3)CC4)c(NC3CCN(C(=O)OC(C)(C)C)CC3)c2)CC1. The first-order chi connectivity index (χ1) is 23.7. The van der Waals surface area contributed by atoms with Gasteiger partial charge in [0.1, 0.15) is 17.2 Å². The smallest absolute Gasteiger partial charge is 0.410 e. The van der Waals surface area contributed by atoms with Gasteiger partial charge in [-0.25, -0.2) is 22.0 Å². The molecule has 0 spiro atoms. The van der Waals surface area contributed by atoms with Crippen molar-refractivity contribution in [3.8, 4) is 0 Å². The van der Waals surface area contributed by atoms with E-state index < -0.39 is 38.1 Å². The van der Waals surface area contributed by atoms with E-state index in [0.29, 0.717) is 54.5 Å². The van der Waals surface area contributed by atoms with Crippen molar-refractivity contribution < 1.29 is 31.5 Å². The van der Waals surface area contributed by atoms with Crippen LogP contribution in [0.1, 0.15) is 55.2 Å². The number of aromatic amines is 1. The van der Waals surface area contributed by atoms with Gasteiger partial charge >= 0.3 is 6.09 Å². The molecule has 13 nitrogen and oxygen atoms in total. The van der Waals surface area contributed by atoms with Gasteiger partial charge in [-0.3, -0.25) is 9.89 Å². The van der Waals surface area contributed by atoms with E-state index in [2.05, 4.69) is 37.7 Å². The molecule has 16 heteroatoms. The third-order valence-electron chi connectivity index (χ3n) is 9.23. The number of anilines is 3. The molecular weight excluding hydrogens is 670 g/mol. The summed E-state index contributed by atoms with van der Waals surface area (Å²) in [6, 6.07) is 7.85. The average Bonchev–Trinajstić information content (AvgIpc) is 3.46. The Kier molecular flexibility index (Phi) is 10.1. The lowest BCUT2D eigenvalue weighted by Gasteiger charge is -2.35. The normalized spacial score (nSPS) is 18.1. The molecule has 2 aromatic carbocycles. The molecule has 1 aromatic heterocycles. The van der Waals surface area contributed by atoms with Gasteiger partial charge in [-0.1, -0.05) is 0 Å². The molecule has 3 N–H and O–H groups in total. The minimum absolute atomic E-state index is 0.00690. The number of rotatable bonds is 7. The highest BCUT2D eigenvalue weighted by Crippen LogP contribution is 2.31. The number of piperazine rings is 1. The highest BCUT2D eigenvalue weighted by Gasteiger charge is 2.33. The maximum Gasteiger partial charge on any atom is 0.410 e. The molecule has 50 heavy (non-hydrogen) atoms. The molecule has 3 aliphatic heterocycles. The molecule has 0 saturated carbocycles. The van der Waals surface area contributed by atoms with Crippen LogP contribution in [0.4, 0.5) is 30.8 Å². The molecule has 0 bridgehead atoms. The van der Waals surface area contributed by atoms with Crippen LogP contribution in [0.25, 0.3) is 0 Å². The zero-order valence-corrected chi connectivity index (χ0v) is 29.6. The molecule has 270 valence electrons. The standard InChI is InChI=1S/C34H44F2N8O5S/c1-34(2,3)49-33(46)43-10-7-24(8-11-43)37-30-20-25(42-15-13-41(4)14-16-42)5-6-27(30)32(45)38-31-28-21-44(12-9-29(28)39-40-31)50(47,48)26-18-22(35)17-23(36)19-26/h5-6,17-20,24,37H,7-16,21H2,1-4H3,(H2,38,39,40,45). The second-order valence-corrected chi connectivity index (χ2v) is 16.0. The number of amides is 2. The van der Waals surface area contributed by atoms with Crippen molar-refractivity contribution in [3.63, 3.8) is 0 Å².